The number of benzene rings is 1. The first-order chi connectivity index (χ1) is 10.8. The predicted octanol–water partition coefficient (Wildman–Crippen LogP) is 1.82. The summed E-state index contributed by atoms with van der Waals surface area (Å²) in [4.78, 5) is 14.1. The van der Waals surface area contributed by atoms with Crippen LogP contribution in [0.2, 0.25) is 0 Å². The zero-order valence-corrected chi connectivity index (χ0v) is 13.1. The summed E-state index contributed by atoms with van der Waals surface area (Å²) in [5.41, 5.74) is 1.20. The molecule has 0 aliphatic carbocycles. The molecule has 2 fully saturated rings. The van der Waals surface area contributed by atoms with Crippen LogP contribution >= 0.6 is 0 Å². The first-order valence-electron chi connectivity index (χ1n) is 8.15. The molecule has 0 atom stereocenters. The van der Waals surface area contributed by atoms with Gasteiger partial charge in [-0.1, -0.05) is 0 Å². The minimum Gasteiger partial charge on any atom is -0.488 e. The smallest absolute Gasteiger partial charge is 0.309 e. The molecule has 0 amide bonds. The summed E-state index contributed by atoms with van der Waals surface area (Å²) < 4.78 is 10.9. The summed E-state index contributed by atoms with van der Waals surface area (Å²) in [5, 5.41) is 3.20. The van der Waals surface area contributed by atoms with E-state index in [1.807, 2.05) is 19.1 Å². The van der Waals surface area contributed by atoms with Crippen molar-refractivity contribution in [3.05, 3.63) is 24.3 Å². The Kier molecular flexibility index (Phi) is 4.83. The van der Waals surface area contributed by atoms with E-state index in [4.69, 9.17) is 9.47 Å². The Bertz CT molecular complexity index is 491. The van der Waals surface area contributed by atoms with Crippen molar-refractivity contribution in [2.75, 3.05) is 37.7 Å². The normalized spacial score (nSPS) is 19.6. The third kappa shape index (κ3) is 3.53. The van der Waals surface area contributed by atoms with Crippen molar-refractivity contribution in [3.8, 4) is 5.75 Å². The minimum atomic E-state index is -0.0417. The van der Waals surface area contributed by atoms with Crippen LogP contribution < -0.4 is 15.0 Å². The number of rotatable bonds is 5. The quantitative estimate of drug-likeness (QED) is 0.841. The second kappa shape index (κ2) is 7.01. The molecule has 0 aromatic heterocycles. The van der Waals surface area contributed by atoms with Crippen LogP contribution in [0.4, 0.5) is 5.69 Å². The first-order valence-corrected chi connectivity index (χ1v) is 8.15. The van der Waals surface area contributed by atoms with Gasteiger partial charge in [0.1, 0.15) is 11.9 Å². The molecule has 2 heterocycles. The lowest BCUT2D eigenvalue weighted by Gasteiger charge is -2.33. The Morgan fingerprint density at radius 3 is 2.45 bits per heavy atom. The molecule has 0 bridgehead atoms. The molecule has 2 aliphatic rings. The number of piperidine rings is 1. The van der Waals surface area contributed by atoms with Crippen molar-refractivity contribution >= 4 is 11.7 Å². The highest BCUT2D eigenvalue weighted by molar-refractivity contribution is 5.72. The molecular weight excluding hydrogens is 280 g/mol. The SMILES string of the molecule is CCOC(=O)C1CCN(c2ccc(OC3CNC3)cc2)CC1. The van der Waals surface area contributed by atoms with Gasteiger partial charge in [-0.25, -0.2) is 0 Å². The zero-order chi connectivity index (χ0) is 15.4. The molecule has 5 nitrogen and oxygen atoms in total. The average molecular weight is 304 g/mol. The van der Waals surface area contributed by atoms with Crippen LogP contribution in [0.1, 0.15) is 19.8 Å². The Hall–Kier alpha value is -1.75. The molecule has 1 aromatic carbocycles. The van der Waals surface area contributed by atoms with Crippen LogP contribution in [0.3, 0.4) is 0 Å². The van der Waals surface area contributed by atoms with Crippen molar-refractivity contribution in [2.45, 2.75) is 25.9 Å². The van der Waals surface area contributed by atoms with Gasteiger partial charge in [0, 0.05) is 31.9 Å². The van der Waals surface area contributed by atoms with Crippen LogP contribution in [0.25, 0.3) is 0 Å². The lowest BCUT2D eigenvalue weighted by Crippen LogP contribution is -2.50. The van der Waals surface area contributed by atoms with Crippen LogP contribution in [0, 0.1) is 5.92 Å². The van der Waals surface area contributed by atoms with E-state index in [1.54, 1.807) is 0 Å². The third-order valence-corrected chi connectivity index (χ3v) is 4.36. The van der Waals surface area contributed by atoms with E-state index < -0.39 is 0 Å². The van der Waals surface area contributed by atoms with E-state index >= 15 is 0 Å². The number of anilines is 1. The molecule has 22 heavy (non-hydrogen) atoms. The molecule has 2 aliphatic heterocycles. The molecule has 0 radical (unpaired) electrons. The zero-order valence-electron chi connectivity index (χ0n) is 13.1. The van der Waals surface area contributed by atoms with Gasteiger partial charge >= 0.3 is 5.97 Å². The summed E-state index contributed by atoms with van der Waals surface area (Å²) in [5.74, 6) is 0.946. The summed E-state index contributed by atoms with van der Waals surface area (Å²) in [6, 6.07) is 8.27. The molecule has 0 saturated carbocycles. The van der Waals surface area contributed by atoms with E-state index in [2.05, 4.69) is 22.3 Å². The van der Waals surface area contributed by atoms with Gasteiger partial charge in [0.05, 0.1) is 12.5 Å². The molecule has 1 N–H and O–H groups in total. The number of hydrogen-bond acceptors (Lipinski definition) is 5. The highest BCUT2D eigenvalue weighted by atomic mass is 16.5. The van der Waals surface area contributed by atoms with Gasteiger partial charge in [0.25, 0.3) is 0 Å². The summed E-state index contributed by atoms with van der Waals surface area (Å²) >= 11 is 0. The predicted molar refractivity (Wildman–Crippen MR) is 85.3 cm³/mol. The topological polar surface area (TPSA) is 50.8 Å². The highest BCUT2D eigenvalue weighted by Crippen LogP contribution is 2.26. The molecule has 5 heteroatoms. The van der Waals surface area contributed by atoms with Crippen molar-refractivity contribution in [1.29, 1.82) is 0 Å². The number of ether oxygens (including phenoxy) is 2. The van der Waals surface area contributed by atoms with Crippen LogP contribution in [-0.2, 0) is 9.53 Å². The van der Waals surface area contributed by atoms with Gasteiger partial charge < -0.3 is 19.7 Å². The Morgan fingerprint density at radius 2 is 1.91 bits per heavy atom. The number of hydrogen-bond donors (Lipinski definition) is 1. The van der Waals surface area contributed by atoms with Crippen LogP contribution in [0.15, 0.2) is 24.3 Å². The van der Waals surface area contributed by atoms with E-state index in [-0.39, 0.29) is 11.9 Å². The molecule has 0 unspecified atom stereocenters. The number of nitrogens with zero attached hydrogens (tertiary/aromatic N) is 1. The lowest BCUT2D eigenvalue weighted by atomic mass is 9.96. The second-order valence-electron chi connectivity index (χ2n) is 5.91. The van der Waals surface area contributed by atoms with Crippen molar-refractivity contribution in [2.24, 2.45) is 5.92 Å². The molecule has 1 aromatic rings. The van der Waals surface area contributed by atoms with Gasteiger partial charge in [-0.2, -0.15) is 0 Å². The summed E-state index contributed by atoms with van der Waals surface area (Å²) in [7, 11) is 0. The van der Waals surface area contributed by atoms with E-state index in [0.717, 1.165) is 44.8 Å². The van der Waals surface area contributed by atoms with E-state index in [1.165, 1.54) is 5.69 Å². The molecular formula is C17H24N2O3. The number of carbonyl (C=O) groups excluding carboxylic acids is 1. The van der Waals surface area contributed by atoms with Gasteiger partial charge in [0.2, 0.25) is 0 Å². The number of esters is 1. The highest BCUT2D eigenvalue weighted by Gasteiger charge is 2.26. The van der Waals surface area contributed by atoms with Crippen LogP contribution in [-0.4, -0.2) is 44.9 Å². The molecule has 3 rings (SSSR count). The molecule has 120 valence electrons. The fraction of sp³-hybridized carbons (Fsp3) is 0.588. The standard InChI is InChI=1S/C17H24N2O3/c1-2-21-17(20)13-7-9-19(10-8-13)14-3-5-15(6-4-14)22-16-11-18-12-16/h3-6,13,16,18H,2,7-12H2,1H3. The number of nitrogens with one attached hydrogen (secondary N) is 1. The molecule has 0 spiro atoms. The fourth-order valence-electron chi connectivity index (χ4n) is 2.91. The maximum absolute atomic E-state index is 11.8. The second-order valence-corrected chi connectivity index (χ2v) is 5.91. The maximum Gasteiger partial charge on any atom is 0.309 e. The lowest BCUT2D eigenvalue weighted by molar-refractivity contribution is -0.148. The average Bonchev–Trinajstić information content (AvgIpc) is 2.52. The maximum atomic E-state index is 11.8. The Labute approximate surface area is 131 Å². The van der Waals surface area contributed by atoms with Gasteiger partial charge in [0.15, 0.2) is 0 Å². The number of carbonyl (C=O) groups is 1. The monoisotopic (exact) mass is 304 g/mol. The van der Waals surface area contributed by atoms with Gasteiger partial charge in [-0.3, -0.25) is 4.79 Å². The van der Waals surface area contributed by atoms with Crippen LogP contribution in [0.5, 0.6) is 5.75 Å². The Morgan fingerprint density at radius 1 is 1.23 bits per heavy atom. The van der Waals surface area contributed by atoms with Gasteiger partial charge in [-0.05, 0) is 44.0 Å². The van der Waals surface area contributed by atoms with E-state index in [0.29, 0.717) is 12.7 Å². The minimum absolute atomic E-state index is 0.0417. The van der Waals surface area contributed by atoms with Crippen molar-refractivity contribution < 1.29 is 14.3 Å². The first kappa shape index (κ1) is 15.2. The fourth-order valence-corrected chi connectivity index (χ4v) is 2.91. The largest absolute Gasteiger partial charge is 0.488 e. The summed E-state index contributed by atoms with van der Waals surface area (Å²) in [6.45, 7) is 5.99. The molecule has 2 saturated heterocycles. The van der Waals surface area contributed by atoms with E-state index in [9.17, 15) is 4.79 Å². The summed E-state index contributed by atoms with van der Waals surface area (Å²) in [6.07, 6.45) is 2.04. The van der Waals surface area contributed by atoms with Crippen molar-refractivity contribution in [1.82, 2.24) is 5.32 Å². The van der Waals surface area contributed by atoms with Crippen molar-refractivity contribution in [3.63, 3.8) is 0 Å². The van der Waals surface area contributed by atoms with Gasteiger partial charge in [-0.15, -0.1) is 0 Å². The third-order valence-electron chi connectivity index (χ3n) is 4.36. The Balaban J connectivity index is 1.51.